The van der Waals surface area contributed by atoms with Gasteiger partial charge < -0.3 is 13.9 Å². The van der Waals surface area contributed by atoms with Crippen LogP contribution in [0.15, 0.2) is 61.3 Å². The number of benzene rings is 1. The lowest BCUT2D eigenvalue weighted by Crippen LogP contribution is -2.06. The zero-order valence-corrected chi connectivity index (χ0v) is 26.7. The molecule has 0 saturated heterocycles. The third kappa shape index (κ3) is 5.74. The summed E-state index contributed by atoms with van der Waals surface area (Å²) in [6.45, 7) is 8.23. The van der Waals surface area contributed by atoms with Crippen molar-refractivity contribution in [2.24, 2.45) is 0 Å². The highest BCUT2D eigenvalue weighted by Crippen LogP contribution is 2.45. The lowest BCUT2D eigenvalue weighted by Gasteiger charge is -2.13. The number of rotatable bonds is 9. The predicted molar refractivity (Wildman–Crippen MR) is 171 cm³/mol. The van der Waals surface area contributed by atoms with Crippen molar-refractivity contribution in [3.8, 4) is 40.0 Å². The van der Waals surface area contributed by atoms with E-state index in [-0.39, 0.29) is 17.9 Å². The fourth-order valence-electron chi connectivity index (χ4n) is 5.79. The molecule has 47 heavy (non-hydrogen) atoms. The summed E-state index contributed by atoms with van der Waals surface area (Å²) >= 11 is 0. The van der Waals surface area contributed by atoms with E-state index in [1.165, 1.54) is 6.33 Å². The van der Waals surface area contributed by atoms with E-state index in [1.807, 2.05) is 61.1 Å². The Morgan fingerprint density at radius 3 is 2.36 bits per heavy atom. The molecule has 1 fully saturated rings. The molecule has 5 heterocycles. The maximum Gasteiger partial charge on any atom is 0.434 e. The minimum Gasteiger partial charge on any atom is -0.480 e. The topological polar surface area (TPSA) is 101 Å². The highest BCUT2D eigenvalue weighted by molar-refractivity contribution is 5.85. The number of nitrogens with zero attached hydrogens (tertiary/aromatic N) is 9. The van der Waals surface area contributed by atoms with Crippen molar-refractivity contribution in [3.05, 3.63) is 78.3 Å². The standard InChI is InChI=1S/C34H34F3N9O/c1-19(2)44-17-27(34(35,36)37)41-31(44)23-8-6-21(7-9-23)16-45-26(25-12-13-46(43-25)20(3)4)14-24-15-38-30(42-32(24)45)28-29(22-10-11-22)39-18-40-33(28)47-5/h6-9,12-15,17-20,22H,10-11,16H2,1-5H3. The average Bonchev–Trinajstić information content (AvgIpc) is 3.43. The molecule has 5 aromatic heterocycles. The molecule has 10 nitrogen and oxygen atoms in total. The minimum atomic E-state index is -4.53. The molecular formula is C34H34F3N9O. The van der Waals surface area contributed by atoms with Gasteiger partial charge in [0.25, 0.3) is 0 Å². The molecule has 7 rings (SSSR count). The van der Waals surface area contributed by atoms with Gasteiger partial charge in [0.2, 0.25) is 5.88 Å². The molecule has 242 valence electrons. The first kappa shape index (κ1) is 30.6. The lowest BCUT2D eigenvalue weighted by molar-refractivity contribution is -0.140. The van der Waals surface area contributed by atoms with Crippen LogP contribution in [0.4, 0.5) is 13.2 Å². The van der Waals surface area contributed by atoms with Gasteiger partial charge >= 0.3 is 6.18 Å². The van der Waals surface area contributed by atoms with Crippen molar-refractivity contribution < 1.29 is 17.9 Å². The first-order chi connectivity index (χ1) is 22.5. The molecule has 0 bridgehead atoms. The zero-order chi connectivity index (χ0) is 33.0. The Morgan fingerprint density at radius 1 is 0.957 bits per heavy atom. The van der Waals surface area contributed by atoms with E-state index in [1.54, 1.807) is 17.9 Å². The Bertz CT molecular complexity index is 2070. The van der Waals surface area contributed by atoms with E-state index in [9.17, 15) is 13.2 Å². The van der Waals surface area contributed by atoms with Crippen LogP contribution in [0.25, 0.3) is 45.2 Å². The molecule has 0 spiro atoms. The number of methoxy groups -OCH3 is 1. The number of fused-ring (bicyclic) bond motifs is 1. The summed E-state index contributed by atoms with van der Waals surface area (Å²) in [6.07, 6.45) is 3.89. The molecular weight excluding hydrogens is 607 g/mol. The van der Waals surface area contributed by atoms with E-state index < -0.39 is 11.9 Å². The molecule has 0 atom stereocenters. The van der Waals surface area contributed by atoms with Crippen LogP contribution in [-0.2, 0) is 12.7 Å². The van der Waals surface area contributed by atoms with Gasteiger partial charge in [-0.3, -0.25) is 4.68 Å². The van der Waals surface area contributed by atoms with Crippen LogP contribution >= 0.6 is 0 Å². The first-order valence-corrected chi connectivity index (χ1v) is 15.6. The van der Waals surface area contributed by atoms with Crippen molar-refractivity contribution in [2.75, 3.05) is 7.11 Å². The third-order valence-corrected chi connectivity index (χ3v) is 8.39. The zero-order valence-electron chi connectivity index (χ0n) is 26.7. The number of halogens is 3. The van der Waals surface area contributed by atoms with E-state index in [0.29, 0.717) is 40.9 Å². The number of aromatic nitrogens is 9. The van der Waals surface area contributed by atoms with Crippen LogP contribution in [0.2, 0.25) is 0 Å². The summed E-state index contributed by atoms with van der Waals surface area (Å²) in [5.74, 6) is 1.50. The number of hydrogen-bond donors (Lipinski definition) is 0. The molecule has 13 heteroatoms. The maximum absolute atomic E-state index is 13.5. The highest BCUT2D eigenvalue weighted by atomic mass is 19.4. The number of ether oxygens (including phenoxy) is 1. The Hall–Kier alpha value is -5.07. The number of hydrogen-bond acceptors (Lipinski definition) is 7. The second-order valence-corrected chi connectivity index (χ2v) is 12.4. The smallest absolute Gasteiger partial charge is 0.434 e. The Labute approximate surface area is 269 Å². The largest absolute Gasteiger partial charge is 0.480 e. The molecule has 0 unspecified atom stereocenters. The van der Waals surface area contributed by atoms with Gasteiger partial charge in [-0.15, -0.1) is 0 Å². The summed E-state index contributed by atoms with van der Waals surface area (Å²) < 4.78 is 51.7. The molecule has 1 aliphatic rings. The van der Waals surface area contributed by atoms with Gasteiger partial charge in [0.05, 0.1) is 18.5 Å². The Kier molecular flexibility index (Phi) is 7.56. The molecule has 0 radical (unpaired) electrons. The average molecular weight is 642 g/mol. The SMILES string of the molecule is COc1ncnc(C2CC2)c1-c1ncc2cc(-c3ccn(C(C)C)n3)n(Cc3ccc(-c4nc(C(F)(F)F)cn4C(C)C)cc3)c2n1. The van der Waals surface area contributed by atoms with Crippen molar-refractivity contribution in [1.29, 1.82) is 0 Å². The van der Waals surface area contributed by atoms with E-state index in [4.69, 9.17) is 19.8 Å². The highest BCUT2D eigenvalue weighted by Gasteiger charge is 2.35. The van der Waals surface area contributed by atoms with Gasteiger partial charge in [0, 0.05) is 54.1 Å². The molecule has 0 N–H and O–H groups in total. The summed E-state index contributed by atoms with van der Waals surface area (Å²) in [5, 5.41) is 5.67. The predicted octanol–water partition coefficient (Wildman–Crippen LogP) is 7.73. The van der Waals surface area contributed by atoms with Gasteiger partial charge in [-0.25, -0.2) is 24.9 Å². The minimum absolute atomic E-state index is 0.183. The lowest BCUT2D eigenvalue weighted by atomic mass is 10.1. The molecule has 1 aliphatic carbocycles. The van der Waals surface area contributed by atoms with Gasteiger partial charge in [-0.2, -0.15) is 18.3 Å². The van der Waals surface area contributed by atoms with E-state index in [2.05, 4.69) is 33.4 Å². The Balaban J connectivity index is 1.32. The van der Waals surface area contributed by atoms with Gasteiger partial charge in [0.1, 0.15) is 29.1 Å². The molecule has 1 aromatic carbocycles. The quantitative estimate of drug-likeness (QED) is 0.159. The van der Waals surface area contributed by atoms with E-state index >= 15 is 0 Å². The summed E-state index contributed by atoms with van der Waals surface area (Å²) in [5.41, 5.74) is 4.54. The van der Waals surface area contributed by atoms with Gasteiger partial charge in [-0.05, 0) is 58.2 Å². The third-order valence-electron chi connectivity index (χ3n) is 8.39. The fraction of sp³-hybridized carbons (Fsp3) is 0.353. The van der Waals surface area contributed by atoms with Gasteiger partial charge in [0.15, 0.2) is 11.5 Å². The van der Waals surface area contributed by atoms with Crippen LogP contribution in [-0.4, -0.2) is 50.9 Å². The van der Waals surface area contributed by atoms with Crippen LogP contribution in [0.1, 0.15) is 75.5 Å². The van der Waals surface area contributed by atoms with Crippen LogP contribution in [0.5, 0.6) is 5.88 Å². The Morgan fingerprint density at radius 2 is 1.72 bits per heavy atom. The van der Waals surface area contributed by atoms with Crippen molar-refractivity contribution in [2.45, 2.75) is 71.3 Å². The second kappa shape index (κ2) is 11.6. The molecule has 0 amide bonds. The van der Waals surface area contributed by atoms with Crippen molar-refractivity contribution >= 4 is 11.0 Å². The number of imidazole rings is 1. The summed E-state index contributed by atoms with van der Waals surface area (Å²) in [6, 6.07) is 11.4. The maximum atomic E-state index is 13.5. The summed E-state index contributed by atoms with van der Waals surface area (Å²) in [7, 11) is 1.58. The van der Waals surface area contributed by atoms with Crippen LogP contribution < -0.4 is 4.74 Å². The molecule has 0 aliphatic heterocycles. The van der Waals surface area contributed by atoms with E-state index in [0.717, 1.165) is 47.1 Å². The van der Waals surface area contributed by atoms with Gasteiger partial charge in [-0.1, -0.05) is 24.3 Å². The normalized spacial score (nSPS) is 13.7. The molecule has 1 saturated carbocycles. The second-order valence-electron chi connectivity index (χ2n) is 12.4. The van der Waals surface area contributed by atoms with Crippen molar-refractivity contribution in [3.63, 3.8) is 0 Å². The van der Waals surface area contributed by atoms with Crippen molar-refractivity contribution in [1.82, 2.24) is 43.8 Å². The number of alkyl halides is 3. The summed E-state index contributed by atoms with van der Waals surface area (Å²) in [4.78, 5) is 22.7. The van der Waals surface area contributed by atoms with Crippen LogP contribution in [0, 0.1) is 0 Å². The first-order valence-electron chi connectivity index (χ1n) is 15.6. The molecule has 6 aromatic rings. The fourth-order valence-corrected chi connectivity index (χ4v) is 5.79. The monoisotopic (exact) mass is 641 g/mol. The van der Waals surface area contributed by atoms with Crippen LogP contribution in [0.3, 0.4) is 0 Å².